The molecule has 0 aromatic heterocycles. The molecule has 0 atom stereocenters. The highest BCUT2D eigenvalue weighted by atomic mass is 35.5. The maximum atomic E-state index is 11.4. The molecule has 0 aliphatic heterocycles. The van der Waals surface area contributed by atoms with Crippen LogP contribution in [0, 0.1) is 0 Å². The summed E-state index contributed by atoms with van der Waals surface area (Å²) in [5.74, 6) is 0.406. The highest BCUT2D eigenvalue weighted by Crippen LogP contribution is 2.27. The normalized spacial score (nSPS) is 10.8. The molecule has 0 bridgehead atoms. The number of rotatable bonds is 4. The molecule has 0 heterocycles. The molecular weight excluding hydrogens is 347 g/mol. The van der Waals surface area contributed by atoms with Gasteiger partial charge in [0.15, 0.2) is 0 Å². The van der Waals surface area contributed by atoms with Crippen LogP contribution in [0.3, 0.4) is 0 Å². The van der Waals surface area contributed by atoms with Gasteiger partial charge in [-0.1, -0.05) is 23.2 Å². The number of benzene rings is 1. The minimum absolute atomic E-state index is 0.148. The van der Waals surface area contributed by atoms with Crippen LogP contribution in [0.25, 0.3) is 0 Å². The van der Waals surface area contributed by atoms with E-state index in [0.29, 0.717) is 28.9 Å². The highest BCUT2D eigenvalue weighted by molar-refractivity contribution is 7.80. The molecule has 0 aliphatic rings. The van der Waals surface area contributed by atoms with Gasteiger partial charge in [0.05, 0.1) is 5.02 Å². The van der Waals surface area contributed by atoms with Crippen LogP contribution in [-0.2, 0) is 4.74 Å². The van der Waals surface area contributed by atoms with Crippen molar-refractivity contribution in [3.8, 4) is 5.75 Å². The van der Waals surface area contributed by atoms with Crippen LogP contribution in [0.2, 0.25) is 10.0 Å². The third-order valence-electron chi connectivity index (χ3n) is 2.16. The third kappa shape index (κ3) is 7.68. The van der Waals surface area contributed by atoms with Crippen molar-refractivity contribution in [1.29, 1.82) is 0 Å². The number of hydrogen-bond acceptors (Lipinski definition) is 4. The van der Waals surface area contributed by atoms with Gasteiger partial charge in [-0.3, -0.25) is 0 Å². The quantitative estimate of drug-likeness (QED) is 0.628. The van der Waals surface area contributed by atoms with Gasteiger partial charge < -0.3 is 20.1 Å². The number of amides is 1. The van der Waals surface area contributed by atoms with Crippen molar-refractivity contribution < 1.29 is 14.3 Å². The van der Waals surface area contributed by atoms with Crippen molar-refractivity contribution in [1.82, 2.24) is 10.6 Å². The number of thiocarbonyl (C=S) groups is 1. The molecule has 122 valence electrons. The molecular formula is C14H18Cl2N2O3S. The van der Waals surface area contributed by atoms with Crippen LogP contribution in [0.15, 0.2) is 18.2 Å². The summed E-state index contributed by atoms with van der Waals surface area (Å²) in [6.07, 6.45) is -0.484. The van der Waals surface area contributed by atoms with Crippen molar-refractivity contribution in [2.75, 3.05) is 13.1 Å². The Labute approximate surface area is 145 Å². The maximum absolute atomic E-state index is 11.4. The van der Waals surface area contributed by atoms with Gasteiger partial charge in [-0.05, 0) is 51.2 Å². The van der Waals surface area contributed by atoms with Gasteiger partial charge in [0.2, 0.25) is 0 Å². The molecule has 0 saturated carbocycles. The summed E-state index contributed by atoms with van der Waals surface area (Å²) < 4.78 is 10.5. The van der Waals surface area contributed by atoms with Crippen LogP contribution in [0.5, 0.6) is 5.75 Å². The van der Waals surface area contributed by atoms with Crippen LogP contribution in [0.4, 0.5) is 4.79 Å². The van der Waals surface area contributed by atoms with Gasteiger partial charge in [-0.15, -0.1) is 0 Å². The monoisotopic (exact) mass is 364 g/mol. The molecule has 8 heteroatoms. The van der Waals surface area contributed by atoms with Gasteiger partial charge in [0.1, 0.15) is 11.4 Å². The predicted octanol–water partition coefficient (Wildman–Crippen LogP) is 3.77. The maximum Gasteiger partial charge on any atom is 0.407 e. The van der Waals surface area contributed by atoms with E-state index in [0.717, 1.165) is 0 Å². The van der Waals surface area contributed by atoms with E-state index in [2.05, 4.69) is 10.6 Å². The third-order valence-corrected chi connectivity index (χ3v) is 2.92. The van der Waals surface area contributed by atoms with Crippen molar-refractivity contribution in [3.05, 3.63) is 28.2 Å². The lowest BCUT2D eigenvalue weighted by molar-refractivity contribution is 0.0529. The van der Waals surface area contributed by atoms with Crippen LogP contribution in [-0.4, -0.2) is 30.0 Å². The van der Waals surface area contributed by atoms with E-state index >= 15 is 0 Å². The fraction of sp³-hybridized carbons (Fsp3) is 0.429. The number of nitrogens with one attached hydrogen (secondary N) is 2. The SMILES string of the molecule is CC(C)(C)OC(=O)NCCNC(=S)Oc1ccc(Cl)cc1Cl. The molecule has 1 amide bonds. The van der Waals surface area contributed by atoms with Crippen LogP contribution >= 0.6 is 35.4 Å². The van der Waals surface area contributed by atoms with Crippen molar-refractivity contribution >= 4 is 46.7 Å². The molecule has 5 nitrogen and oxygen atoms in total. The molecule has 1 rings (SSSR count). The molecule has 0 unspecified atom stereocenters. The van der Waals surface area contributed by atoms with Gasteiger partial charge in [0.25, 0.3) is 5.17 Å². The Kier molecular flexibility index (Phi) is 7.19. The first-order valence-corrected chi connectivity index (χ1v) is 7.71. The minimum atomic E-state index is -0.527. The Morgan fingerprint density at radius 3 is 2.45 bits per heavy atom. The van der Waals surface area contributed by atoms with E-state index in [4.69, 9.17) is 44.9 Å². The first-order chi connectivity index (χ1) is 10.2. The number of carbonyl (C=O) groups excluding carboxylic acids is 1. The van der Waals surface area contributed by atoms with Gasteiger partial charge >= 0.3 is 6.09 Å². The molecule has 0 saturated heterocycles. The summed E-state index contributed by atoms with van der Waals surface area (Å²) in [4.78, 5) is 11.4. The second kappa shape index (κ2) is 8.41. The number of hydrogen-bond donors (Lipinski definition) is 2. The molecule has 1 aromatic rings. The largest absolute Gasteiger partial charge is 0.444 e. The smallest absolute Gasteiger partial charge is 0.407 e. The predicted molar refractivity (Wildman–Crippen MR) is 91.9 cm³/mol. The molecule has 2 N–H and O–H groups in total. The number of ether oxygens (including phenoxy) is 2. The Balaban J connectivity index is 2.28. The zero-order valence-electron chi connectivity index (χ0n) is 12.5. The van der Waals surface area contributed by atoms with Gasteiger partial charge in [-0.2, -0.15) is 0 Å². The lowest BCUT2D eigenvalue weighted by atomic mass is 10.2. The Morgan fingerprint density at radius 1 is 1.23 bits per heavy atom. The van der Waals surface area contributed by atoms with Crippen LogP contribution in [0.1, 0.15) is 20.8 Å². The van der Waals surface area contributed by atoms with E-state index < -0.39 is 11.7 Å². The van der Waals surface area contributed by atoms with E-state index in [-0.39, 0.29) is 5.17 Å². The minimum Gasteiger partial charge on any atom is -0.444 e. The van der Waals surface area contributed by atoms with Crippen molar-refractivity contribution in [2.24, 2.45) is 0 Å². The topological polar surface area (TPSA) is 59.6 Å². The summed E-state index contributed by atoms with van der Waals surface area (Å²) in [6, 6.07) is 4.83. The fourth-order valence-electron chi connectivity index (χ4n) is 1.34. The number of carbonyl (C=O) groups is 1. The first kappa shape index (κ1) is 18.8. The number of halogens is 2. The standard InChI is InChI=1S/C14H18Cl2N2O3S/c1-14(2,3)21-12(19)17-6-7-18-13(22)20-11-5-4-9(15)8-10(11)16/h4-5,8H,6-7H2,1-3H3,(H,17,19)(H,18,22). The lowest BCUT2D eigenvalue weighted by Crippen LogP contribution is -2.38. The van der Waals surface area contributed by atoms with Gasteiger partial charge in [0, 0.05) is 18.1 Å². The van der Waals surface area contributed by atoms with Crippen LogP contribution < -0.4 is 15.4 Å². The summed E-state index contributed by atoms with van der Waals surface area (Å²) in [5.41, 5.74) is -0.527. The van der Waals surface area contributed by atoms with E-state index in [9.17, 15) is 4.79 Å². The fourth-order valence-corrected chi connectivity index (χ4v) is 1.98. The molecule has 1 aromatic carbocycles. The highest BCUT2D eigenvalue weighted by Gasteiger charge is 2.15. The summed E-state index contributed by atoms with van der Waals surface area (Å²) >= 11 is 16.8. The average Bonchev–Trinajstić information content (AvgIpc) is 2.36. The molecule has 0 spiro atoms. The lowest BCUT2D eigenvalue weighted by Gasteiger charge is -2.19. The van der Waals surface area contributed by atoms with Gasteiger partial charge in [-0.25, -0.2) is 4.79 Å². The van der Waals surface area contributed by atoms with E-state index in [1.807, 2.05) is 0 Å². The Hall–Kier alpha value is -1.24. The zero-order chi connectivity index (χ0) is 16.8. The van der Waals surface area contributed by atoms with E-state index in [1.54, 1.807) is 39.0 Å². The van der Waals surface area contributed by atoms with Crippen molar-refractivity contribution in [3.63, 3.8) is 0 Å². The molecule has 22 heavy (non-hydrogen) atoms. The van der Waals surface area contributed by atoms with Crippen molar-refractivity contribution in [2.45, 2.75) is 26.4 Å². The molecule has 0 aliphatic carbocycles. The van der Waals surface area contributed by atoms with E-state index in [1.165, 1.54) is 0 Å². The Bertz CT molecular complexity index is 547. The molecule has 0 fully saturated rings. The average molecular weight is 365 g/mol. The summed E-state index contributed by atoms with van der Waals surface area (Å²) in [5, 5.41) is 6.46. The first-order valence-electron chi connectivity index (χ1n) is 6.55. The second-order valence-electron chi connectivity index (χ2n) is 5.32. The second-order valence-corrected chi connectivity index (χ2v) is 6.53. The molecule has 0 radical (unpaired) electrons. The number of alkyl carbamates (subject to hydrolysis) is 1. The summed E-state index contributed by atoms with van der Waals surface area (Å²) in [6.45, 7) is 6.12. The summed E-state index contributed by atoms with van der Waals surface area (Å²) in [7, 11) is 0. The zero-order valence-corrected chi connectivity index (χ0v) is 14.9. The Morgan fingerprint density at radius 2 is 1.86 bits per heavy atom.